The Hall–Kier alpha value is -1.31. The van der Waals surface area contributed by atoms with E-state index in [1.165, 1.54) is 24.7 Å². The average molecular weight is 204 g/mol. The first-order valence-corrected chi connectivity index (χ1v) is 5.41. The number of fused-ring (bicyclic) bond motifs is 1. The van der Waals surface area contributed by atoms with Gasteiger partial charge in [-0.25, -0.2) is 4.79 Å². The summed E-state index contributed by atoms with van der Waals surface area (Å²) in [5.74, 6) is 0.487. The Morgan fingerprint density at radius 2 is 2.20 bits per heavy atom. The molecule has 1 aliphatic carbocycles. The third-order valence-electron chi connectivity index (χ3n) is 3.10. The quantitative estimate of drug-likeness (QED) is 0.657. The first-order chi connectivity index (χ1) is 7.20. The molecule has 1 atom stereocenters. The Morgan fingerprint density at radius 3 is 2.93 bits per heavy atom. The van der Waals surface area contributed by atoms with E-state index < -0.39 is 0 Å². The van der Waals surface area contributed by atoms with Crippen molar-refractivity contribution in [1.82, 2.24) is 0 Å². The molecule has 0 aromatic heterocycles. The number of carbonyl (C=O) groups is 1. The molecule has 0 N–H and O–H groups in total. The molecule has 0 unspecified atom stereocenters. The van der Waals surface area contributed by atoms with Crippen molar-refractivity contribution in [3.8, 4) is 0 Å². The van der Waals surface area contributed by atoms with Crippen LogP contribution in [0.4, 0.5) is 0 Å². The fraction of sp³-hybridized carbons (Fsp3) is 0.462. The molecule has 0 saturated carbocycles. The van der Waals surface area contributed by atoms with Crippen molar-refractivity contribution in [2.75, 3.05) is 7.11 Å². The molecule has 80 valence electrons. The van der Waals surface area contributed by atoms with E-state index in [9.17, 15) is 4.79 Å². The van der Waals surface area contributed by atoms with Gasteiger partial charge in [-0.05, 0) is 48.4 Å². The molecule has 0 amide bonds. The molecule has 0 saturated heterocycles. The summed E-state index contributed by atoms with van der Waals surface area (Å²) in [4.78, 5) is 11.4. The lowest BCUT2D eigenvalue weighted by molar-refractivity contribution is 0.0600. The zero-order valence-electron chi connectivity index (χ0n) is 9.25. The van der Waals surface area contributed by atoms with Crippen LogP contribution in [0, 0.1) is 5.92 Å². The lowest BCUT2D eigenvalue weighted by Crippen LogP contribution is -2.12. The number of benzene rings is 1. The van der Waals surface area contributed by atoms with Gasteiger partial charge in [0.05, 0.1) is 12.7 Å². The molecule has 1 aromatic rings. The van der Waals surface area contributed by atoms with Crippen LogP contribution in [-0.2, 0) is 17.6 Å². The van der Waals surface area contributed by atoms with Crippen LogP contribution in [0.15, 0.2) is 18.2 Å². The summed E-state index contributed by atoms with van der Waals surface area (Å²) >= 11 is 0. The SMILES string of the molecule is COC(=O)c1ccc2c(c1)C[C@H](C)CC2. The van der Waals surface area contributed by atoms with Crippen LogP contribution in [0.25, 0.3) is 0 Å². The van der Waals surface area contributed by atoms with Crippen molar-refractivity contribution < 1.29 is 9.53 Å². The summed E-state index contributed by atoms with van der Waals surface area (Å²) in [5.41, 5.74) is 3.38. The third-order valence-corrected chi connectivity index (χ3v) is 3.10. The van der Waals surface area contributed by atoms with Gasteiger partial charge in [0, 0.05) is 0 Å². The lowest BCUT2D eigenvalue weighted by Gasteiger charge is -2.21. The standard InChI is InChI=1S/C13H16O2/c1-9-3-4-10-5-6-11(13(14)15-2)8-12(10)7-9/h5-6,8-9H,3-4,7H2,1-2H3/t9-/m1/s1. The maximum Gasteiger partial charge on any atom is 0.337 e. The monoisotopic (exact) mass is 204 g/mol. The predicted octanol–water partition coefficient (Wildman–Crippen LogP) is 2.60. The van der Waals surface area contributed by atoms with E-state index in [4.69, 9.17) is 4.74 Å². The van der Waals surface area contributed by atoms with Crippen molar-refractivity contribution in [3.63, 3.8) is 0 Å². The van der Waals surface area contributed by atoms with Gasteiger partial charge in [0.1, 0.15) is 0 Å². The molecule has 0 aliphatic heterocycles. The summed E-state index contributed by atoms with van der Waals surface area (Å²) in [6.07, 6.45) is 3.47. The van der Waals surface area contributed by atoms with E-state index in [1.807, 2.05) is 12.1 Å². The maximum atomic E-state index is 11.4. The minimum absolute atomic E-state index is 0.240. The topological polar surface area (TPSA) is 26.3 Å². The number of methoxy groups -OCH3 is 1. The lowest BCUT2D eigenvalue weighted by atomic mass is 9.84. The van der Waals surface area contributed by atoms with Crippen LogP contribution in [-0.4, -0.2) is 13.1 Å². The summed E-state index contributed by atoms with van der Waals surface area (Å²) in [6.45, 7) is 2.26. The van der Waals surface area contributed by atoms with Gasteiger partial charge >= 0.3 is 5.97 Å². The second kappa shape index (κ2) is 4.05. The van der Waals surface area contributed by atoms with Gasteiger partial charge in [0.15, 0.2) is 0 Å². The minimum Gasteiger partial charge on any atom is -0.465 e. The minimum atomic E-state index is -0.240. The van der Waals surface area contributed by atoms with Gasteiger partial charge in [-0.15, -0.1) is 0 Å². The van der Waals surface area contributed by atoms with Crippen molar-refractivity contribution in [2.24, 2.45) is 5.92 Å². The van der Waals surface area contributed by atoms with Crippen LogP contribution in [0.1, 0.15) is 34.8 Å². The highest BCUT2D eigenvalue weighted by Gasteiger charge is 2.16. The highest BCUT2D eigenvalue weighted by Crippen LogP contribution is 2.26. The molecule has 1 aromatic carbocycles. The van der Waals surface area contributed by atoms with Crippen molar-refractivity contribution in [1.29, 1.82) is 0 Å². The van der Waals surface area contributed by atoms with Gasteiger partial charge in [0.25, 0.3) is 0 Å². The Labute approximate surface area is 90.3 Å². The summed E-state index contributed by atoms with van der Waals surface area (Å²) in [6, 6.07) is 5.91. The Kier molecular flexibility index (Phi) is 2.76. The van der Waals surface area contributed by atoms with Crippen LogP contribution < -0.4 is 0 Å². The van der Waals surface area contributed by atoms with Crippen molar-refractivity contribution in [3.05, 3.63) is 34.9 Å². The van der Waals surface area contributed by atoms with Crippen molar-refractivity contribution >= 4 is 5.97 Å². The normalized spacial score (nSPS) is 19.5. The van der Waals surface area contributed by atoms with E-state index in [0.29, 0.717) is 5.56 Å². The summed E-state index contributed by atoms with van der Waals surface area (Å²) in [7, 11) is 1.42. The van der Waals surface area contributed by atoms with Crippen LogP contribution in [0.2, 0.25) is 0 Å². The molecule has 2 rings (SSSR count). The van der Waals surface area contributed by atoms with E-state index in [0.717, 1.165) is 18.8 Å². The molecule has 2 nitrogen and oxygen atoms in total. The second-order valence-electron chi connectivity index (χ2n) is 4.32. The number of hydrogen-bond acceptors (Lipinski definition) is 2. The Balaban J connectivity index is 2.32. The van der Waals surface area contributed by atoms with Gasteiger partial charge in [-0.2, -0.15) is 0 Å². The third kappa shape index (κ3) is 2.04. The van der Waals surface area contributed by atoms with Crippen LogP contribution in [0.3, 0.4) is 0 Å². The van der Waals surface area contributed by atoms with Crippen molar-refractivity contribution in [2.45, 2.75) is 26.2 Å². The number of ether oxygens (including phenoxy) is 1. The smallest absolute Gasteiger partial charge is 0.337 e. The van der Waals surface area contributed by atoms with E-state index in [2.05, 4.69) is 13.0 Å². The largest absolute Gasteiger partial charge is 0.465 e. The van der Waals surface area contributed by atoms with E-state index >= 15 is 0 Å². The number of aryl methyl sites for hydroxylation is 1. The zero-order chi connectivity index (χ0) is 10.8. The molecule has 0 fully saturated rings. The molecule has 0 radical (unpaired) electrons. The van der Waals surface area contributed by atoms with Gasteiger partial charge < -0.3 is 4.74 Å². The fourth-order valence-corrected chi connectivity index (χ4v) is 2.18. The molecule has 15 heavy (non-hydrogen) atoms. The molecule has 0 heterocycles. The molecule has 2 heteroatoms. The molecule has 0 spiro atoms. The predicted molar refractivity (Wildman–Crippen MR) is 59.0 cm³/mol. The van der Waals surface area contributed by atoms with Gasteiger partial charge in [-0.3, -0.25) is 0 Å². The number of esters is 1. The first-order valence-electron chi connectivity index (χ1n) is 5.41. The number of carbonyl (C=O) groups excluding carboxylic acids is 1. The Morgan fingerprint density at radius 1 is 1.40 bits per heavy atom. The maximum absolute atomic E-state index is 11.4. The van der Waals surface area contributed by atoms with E-state index in [-0.39, 0.29) is 5.97 Å². The highest BCUT2D eigenvalue weighted by atomic mass is 16.5. The number of hydrogen-bond donors (Lipinski definition) is 0. The van der Waals surface area contributed by atoms with Crippen LogP contribution >= 0.6 is 0 Å². The number of rotatable bonds is 1. The van der Waals surface area contributed by atoms with E-state index in [1.54, 1.807) is 0 Å². The second-order valence-corrected chi connectivity index (χ2v) is 4.32. The van der Waals surface area contributed by atoms with Crippen LogP contribution in [0.5, 0.6) is 0 Å². The first kappa shape index (κ1) is 10.2. The van der Waals surface area contributed by atoms with Gasteiger partial charge in [0.2, 0.25) is 0 Å². The average Bonchev–Trinajstić information content (AvgIpc) is 2.27. The molecule has 1 aliphatic rings. The Bertz CT molecular complexity index is 382. The molecular formula is C13H16O2. The zero-order valence-corrected chi connectivity index (χ0v) is 9.25. The van der Waals surface area contributed by atoms with Gasteiger partial charge in [-0.1, -0.05) is 13.0 Å². The molecule has 0 bridgehead atoms. The molecular weight excluding hydrogens is 188 g/mol. The highest BCUT2D eigenvalue weighted by molar-refractivity contribution is 5.89. The summed E-state index contributed by atoms with van der Waals surface area (Å²) in [5, 5.41) is 0. The fourth-order valence-electron chi connectivity index (χ4n) is 2.18. The summed E-state index contributed by atoms with van der Waals surface area (Å²) < 4.78 is 4.72.